The predicted molar refractivity (Wildman–Crippen MR) is 100 cm³/mol. The van der Waals surface area contributed by atoms with E-state index in [4.69, 9.17) is 0 Å². The minimum atomic E-state index is -4.01. The van der Waals surface area contributed by atoms with Crippen molar-refractivity contribution < 1.29 is 26.9 Å². The Labute approximate surface area is 165 Å². The quantitative estimate of drug-likeness (QED) is 0.784. The Morgan fingerprint density at radius 3 is 2.18 bits per heavy atom. The maximum Gasteiger partial charge on any atom is 0.277 e. The van der Waals surface area contributed by atoms with Gasteiger partial charge in [-0.1, -0.05) is 19.3 Å². The second kappa shape index (κ2) is 9.28. The van der Waals surface area contributed by atoms with Gasteiger partial charge in [0.1, 0.15) is 16.5 Å². The zero-order valence-corrected chi connectivity index (χ0v) is 16.8. The molecule has 0 bridgehead atoms. The van der Waals surface area contributed by atoms with Crippen molar-refractivity contribution in [1.29, 1.82) is 0 Å². The molecule has 156 valence electrons. The van der Waals surface area contributed by atoms with Gasteiger partial charge in [-0.25, -0.2) is 17.2 Å². The Bertz CT molecular complexity index is 788. The van der Waals surface area contributed by atoms with Gasteiger partial charge in [-0.3, -0.25) is 4.79 Å². The number of benzene rings is 1. The minimum absolute atomic E-state index is 0.123. The highest BCUT2D eigenvalue weighted by molar-refractivity contribution is 7.89. The molecule has 0 spiro atoms. The summed E-state index contributed by atoms with van der Waals surface area (Å²) in [5.41, 5.74) is 0. The van der Waals surface area contributed by atoms with Crippen LogP contribution in [-0.2, 0) is 14.8 Å². The molecular formula is C19H28F2N3O3S+. The third-order valence-electron chi connectivity index (χ3n) is 5.55. The summed E-state index contributed by atoms with van der Waals surface area (Å²) in [5, 5.41) is 0. The molecule has 0 radical (unpaired) electrons. The predicted octanol–water partition coefficient (Wildman–Crippen LogP) is 0.647. The first kappa shape index (κ1) is 21.1. The standard InChI is InChI=1S/C19H27F2N3O3S/c20-16-6-7-18(17(21)14-16)28(26,27)24-12-10-22(11-13-24)15-19(25)23-8-4-2-1-3-5-9-23/h6-7,14H,1-5,8-13,15H2/p+1. The summed E-state index contributed by atoms with van der Waals surface area (Å²) in [7, 11) is -4.01. The van der Waals surface area contributed by atoms with Crippen LogP contribution in [0.2, 0.25) is 0 Å². The molecule has 9 heteroatoms. The van der Waals surface area contributed by atoms with Crippen LogP contribution in [0.5, 0.6) is 0 Å². The molecule has 3 rings (SSSR count). The summed E-state index contributed by atoms with van der Waals surface area (Å²) in [4.78, 5) is 15.1. The minimum Gasteiger partial charge on any atom is -0.338 e. The molecule has 0 aliphatic carbocycles. The van der Waals surface area contributed by atoms with Crippen LogP contribution >= 0.6 is 0 Å². The lowest BCUT2D eigenvalue weighted by Gasteiger charge is -2.32. The topological polar surface area (TPSA) is 62.1 Å². The fourth-order valence-corrected chi connectivity index (χ4v) is 5.35. The number of nitrogens with zero attached hydrogens (tertiary/aromatic N) is 2. The maximum atomic E-state index is 13.9. The molecule has 2 aliphatic rings. The maximum absolute atomic E-state index is 13.9. The first-order valence-corrected chi connectivity index (χ1v) is 11.4. The fourth-order valence-electron chi connectivity index (χ4n) is 3.87. The van der Waals surface area contributed by atoms with Gasteiger partial charge in [0.05, 0.1) is 26.2 Å². The normalized spacial score (nSPS) is 20.6. The van der Waals surface area contributed by atoms with E-state index in [1.165, 1.54) is 10.7 Å². The molecule has 2 saturated heterocycles. The van der Waals surface area contributed by atoms with Crippen molar-refractivity contribution in [3.63, 3.8) is 0 Å². The SMILES string of the molecule is O=C(C[NH+]1CCN(S(=O)(=O)c2ccc(F)cc2F)CC1)N1CCCCCCC1. The molecule has 6 nitrogen and oxygen atoms in total. The summed E-state index contributed by atoms with van der Waals surface area (Å²) in [5.74, 6) is -1.77. The average Bonchev–Trinajstić information content (AvgIpc) is 2.61. The van der Waals surface area contributed by atoms with Crippen molar-refractivity contribution in [2.24, 2.45) is 0 Å². The average molecular weight is 417 g/mol. The number of likely N-dealkylation sites (tertiary alicyclic amines) is 1. The molecule has 1 N–H and O–H groups in total. The Balaban J connectivity index is 1.55. The van der Waals surface area contributed by atoms with Crippen LogP contribution in [0.25, 0.3) is 0 Å². The highest BCUT2D eigenvalue weighted by Crippen LogP contribution is 2.20. The first-order chi connectivity index (χ1) is 13.4. The number of hydrogen-bond acceptors (Lipinski definition) is 3. The van der Waals surface area contributed by atoms with Gasteiger partial charge >= 0.3 is 0 Å². The van der Waals surface area contributed by atoms with Crippen molar-refractivity contribution in [2.45, 2.75) is 37.0 Å². The number of rotatable bonds is 4. The zero-order valence-electron chi connectivity index (χ0n) is 16.0. The molecule has 1 aromatic rings. The number of sulfonamides is 1. The number of carbonyl (C=O) groups is 1. The van der Waals surface area contributed by atoms with Crippen molar-refractivity contribution in [2.75, 3.05) is 45.8 Å². The van der Waals surface area contributed by atoms with E-state index in [1.807, 2.05) is 4.90 Å². The Morgan fingerprint density at radius 2 is 1.57 bits per heavy atom. The lowest BCUT2D eigenvalue weighted by molar-refractivity contribution is -0.896. The summed E-state index contributed by atoms with van der Waals surface area (Å²) in [6.07, 6.45) is 5.63. The fraction of sp³-hybridized carbons (Fsp3) is 0.632. The van der Waals surface area contributed by atoms with Gasteiger partial charge < -0.3 is 9.80 Å². The molecule has 2 aliphatic heterocycles. The monoisotopic (exact) mass is 416 g/mol. The second-order valence-electron chi connectivity index (χ2n) is 7.55. The molecule has 0 unspecified atom stereocenters. The van der Waals surface area contributed by atoms with E-state index in [0.717, 1.165) is 55.8 Å². The van der Waals surface area contributed by atoms with Gasteiger partial charge in [-0.05, 0) is 25.0 Å². The Hall–Kier alpha value is -1.58. The third kappa shape index (κ3) is 5.07. The van der Waals surface area contributed by atoms with Crippen LogP contribution in [0.3, 0.4) is 0 Å². The Morgan fingerprint density at radius 1 is 0.964 bits per heavy atom. The van der Waals surface area contributed by atoms with Crippen molar-refractivity contribution >= 4 is 15.9 Å². The van der Waals surface area contributed by atoms with E-state index in [1.54, 1.807) is 0 Å². The van der Waals surface area contributed by atoms with Gasteiger partial charge in [-0.2, -0.15) is 4.31 Å². The van der Waals surface area contributed by atoms with Gasteiger partial charge in [-0.15, -0.1) is 0 Å². The van der Waals surface area contributed by atoms with Crippen LogP contribution in [0.4, 0.5) is 8.78 Å². The summed E-state index contributed by atoms with van der Waals surface area (Å²) in [6.45, 7) is 3.36. The van der Waals surface area contributed by atoms with Crippen LogP contribution < -0.4 is 4.90 Å². The van der Waals surface area contributed by atoms with Gasteiger partial charge in [0.2, 0.25) is 10.0 Å². The van der Waals surface area contributed by atoms with Crippen LogP contribution in [0.1, 0.15) is 32.1 Å². The number of hydrogen-bond donors (Lipinski definition) is 1. The molecule has 2 fully saturated rings. The third-order valence-corrected chi connectivity index (χ3v) is 7.48. The van der Waals surface area contributed by atoms with Gasteiger partial charge in [0, 0.05) is 19.2 Å². The van der Waals surface area contributed by atoms with Crippen LogP contribution in [0, 0.1) is 11.6 Å². The highest BCUT2D eigenvalue weighted by Gasteiger charge is 2.33. The lowest BCUT2D eigenvalue weighted by Crippen LogP contribution is -3.15. The molecule has 1 amide bonds. The van der Waals surface area contributed by atoms with Crippen molar-refractivity contribution in [3.05, 3.63) is 29.8 Å². The molecule has 0 atom stereocenters. The summed E-state index contributed by atoms with van der Waals surface area (Å²) < 4.78 is 53.5. The first-order valence-electron chi connectivity index (χ1n) is 9.94. The molecule has 28 heavy (non-hydrogen) atoms. The lowest BCUT2D eigenvalue weighted by atomic mass is 10.1. The van der Waals surface area contributed by atoms with E-state index in [2.05, 4.69) is 0 Å². The largest absolute Gasteiger partial charge is 0.338 e. The highest BCUT2D eigenvalue weighted by atomic mass is 32.2. The van der Waals surface area contributed by atoms with Crippen molar-refractivity contribution in [3.8, 4) is 0 Å². The van der Waals surface area contributed by atoms with Crippen molar-refractivity contribution in [1.82, 2.24) is 9.21 Å². The summed E-state index contributed by atoms with van der Waals surface area (Å²) in [6, 6.07) is 2.49. The molecule has 0 saturated carbocycles. The molecule has 0 aromatic heterocycles. The number of amides is 1. The number of piperazine rings is 1. The van der Waals surface area contributed by atoms with Gasteiger partial charge in [0.25, 0.3) is 5.91 Å². The number of nitrogens with one attached hydrogen (secondary N) is 1. The van der Waals surface area contributed by atoms with Gasteiger partial charge in [0.15, 0.2) is 6.54 Å². The zero-order chi connectivity index (χ0) is 20.1. The van der Waals surface area contributed by atoms with E-state index < -0.39 is 26.6 Å². The number of quaternary nitrogens is 1. The van der Waals surface area contributed by atoms with E-state index >= 15 is 0 Å². The smallest absolute Gasteiger partial charge is 0.277 e. The number of carbonyl (C=O) groups excluding carboxylic acids is 1. The Kier molecular flexibility index (Phi) is 7.00. The number of halogens is 2. The molecule has 1 aromatic carbocycles. The van der Waals surface area contributed by atoms with Crippen LogP contribution in [0.15, 0.2) is 23.1 Å². The van der Waals surface area contributed by atoms with E-state index in [9.17, 15) is 22.0 Å². The van der Waals surface area contributed by atoms with E-state index in [0.29, 0.717) is 25.7 Å². The molecular weight excluding hydrogens is 388 g/mol. The van der Waals surface area contributed by atoms with E-state index in [-0.39, 0.29) is 19.0 Å². The summed E-state index contributed by atoms with van der Waals surface area (Å²) >= 11 is 0. The van der Waals surface area contributed by atoms with Crippen LogP contribution in [-0.4, -0.2) is 69.3 Å². The second-order valence-corrected chi connectivity index (χ2v) is 9.46. The molecule has 2 heterocycles.